The second kappa shape index (κ2) is 7.28. The summed E-state index contributed by atoms with van der Waals surface area (Å²) in [5, 5.41) is 2.84. The first-order valence-corrected chi connectivity index (χ1v) is 6.66. The molecular formula is C16H18N2O3. The lowest BCUT2D eigenvalue weighted by atomic mass is 10.2. The van der Waals surface area contributed by atoms with Gasteiger partial charge < -0.3 is 14.8 Å². The monoisotopic (exact) mass is 286 g/mol. The number of hydrogen-bond acceptors (Lipinski definition) is 4. The highest BCUT2D eigenvalue weighted by atomic mass is 16.5. The van der Waals surface area contributed by atoms with E-state index in [1.807, 2.05) is 25.1 Å². The normalized spacial score (nSPS) is 11.5. The van der Waals surface area contributed by atoms with Gasteiger partial charge in [0.25, 0.3) is 5.91 Å². The van der Waals surface area contributed by atoms with Crippen LogP contribution in [0.25, 0.3) is 0 Å². The number of nitrogens with zero attached hydrogens (tertiary/aromatic N) is 1. The van der Waals surface area contributed by atoms with E-state index >= 15 is 0 Å². The second-order valence-electron chi connectivity index (χ2n) is 4.51. The molecule has 21 heavy (non-hydrogen) atoms. The van der Waals surface area contributed by atoms with Crippen molar-refractivity contribution in [2.24, 2.45) is 0 Å². The predicted octanol–water partition coefficient (Wildman–Crippen LogP) is 2.35. The summed E-state index contributed by atoms with van der Waals surface area (Å²) in [5.74, 6) is 1.18. The van der Waals surface area contributed by atoms with Gasteiger partial charge in [-0.1, -0.05) is 6.07 Å². The summed E-state index contributed by atoms with van der Waals surface area (Å²) in [5.41, 5.74) is 0.815. The molecule has 1 aromatic carbocycles. The third-order valence-corrected chi connectivity index (χ3v) is 2.94. The molecule has 0 aliphatic carbocycles. The summed E-state index contributed by atoms with van der Waals surface area (Å²) in [6.45, 7) is 1.84. The van der Waals surface area contributed by atoms with E-state index in [1.165, 1.54) is 0 Å². The highest BCUT2D eigenvalue weighted by molar-refractivity contribution is 5.77. The molecule has 0 saturated heterocycles. The van der Waals surface area contributed by atoms with E-state index in [0.29, 0.717) is 5.75 Å². The molecule has 1 unspecified atom stereocenters. The Morgan fingerprint density at radius 3 is 2.52 bits per heavy atom. The van der Waals surface area contributed by atoms with Crippen molar-refractivity contribution in [1.29, 1.82) is 0 Å². The van der Waals surface area contributed by atoms with Crippen molar-refractivity contribution in [2.45, 2.75) is 13.0 Å². The van der Waals surface area contributed by atoms with Gasteiger partial charge in [0.15, 0.2) is 6.61 Å². The van der Waals surface area contributed by atoms with Crippen molar-refractivity contribution in [3.05, 3.63) is 54.4 Å². The predicted molar refractivity (Wildman–Crippen MR) is 79.3 cm³/mol. The Bertz CT molecular complexity index is 570. The summed E-state index contributed by atoms with van der Waals surface area (Å²) in [7, 11) is 1.60. The second-order valence-corrected chi connectivity index (χ2v) is 4.51. The molecule has 2 aromatic rings. The Labute approximate surface area is 123 Å². The van der Waals surface area contributed by atoms with Gasteiger partial charge in [-0.05, 0) is 43.3 Å². The Kier molecular flexibility index (Phi) is 5.15. The number of ether oxygens (including phenoxy) is 2. The molecule has 0 aliphatic rings. The highest BCUT2D eigenvalue weighted by Crippen LogP contribution is 2.16. The van der Waals surface area contributed by atoms with Gasteiger partial charge in [0, 0.05) is 6.20 Å². The molecule has 1 N–H and O–H groups in total. The van der Waals surface area contributed by atoms with E-state index in [9.17, 15) is 4.79 Å². The molecular weight excluding hydrogens is 268 g/mol. The largest absolute Gasteiger partial charge is 0.497 e. The maximum absolute atomic E-state index is 11.8. The van der Waals surface area contributed by atoms with E-state index < -0.39 is 0 Å². The number of pyridine rings is 1. The zero-order valence-corrected chi connectivity index (χ0v) is 12.1. The molecule has 2 rings (SSSR count). The lowest BCUT2D eigenvalue weighted by Crippen LogP contribution is -2.31. The number of rotatable bonds is 6. The summed E-state index contributed by atoms with van der Waals surface area (Å²) in [6, 6.07) is 12.5. The molecule has 1 heterocycles. The fourth-order valence-corrected chi connectivity index (χ4v) is 1.81. The fourth-order valence-electron chi connectivity index (χ4n) is 1.81. The smallest absolute Gasteiger partial charge is 0.258 e. The molecule has 0 spiro atoms. The van der Waals surface area contributed by atoms with Crippen LogP contribution in [-0.4, -0.2) is 24.6 Å². The number of carbonyl (C=O) groups is 1. The first kappa shape index (κ1) is 14.8. The topological polar surface area (TPSA) is 60.5 Å². The van der Waals surface area contributed by atoms with Gasteiger partial charge in [-0.2, -0.15) is 0 Å². The first-order valence-electron chi connectivity index (χ1n) is 6.66. The minimum Gasteiger partial charge on any atom is -0.497 e. The van der Waals surface area contributed by atoms with Crippen LogP contribution in [0.3, 0.4) is 0 Å². The van der Waals surface area contributed by atoms with Crippen molar-refractivity contribution >= 4 is 5.91 Å². The molecule has 5 heteroatoms. The molecule has 0 radical (unpaired) electrons. The van der Waals surface area contributed by atoms with Crippen molar-refractivity contribution in [3.63, 3.8) is 0 Å². The van der Waals surface area contributed by atoms with E-state index in [-0.39, 0.29) is 18.6 Å². The van der Waals surface area contributed by atoms with Gasteiger partial charge in [0.1, 0.15) is 11.5 Å². The van der Waals surface area contributed by atoms with Crippen molar-refractivity contribution in [3.8, 4) is 11.5 Å². The fraction of sp³-hybridized carbons (Fsp3) is 0.250. The van der Waals surface area contributed by atoms with Gasteiger partial charge in [-0.15, -0.1) is 0 Å². The van der Waals surface area contributed by atoms with Crippen LogP contribution in [0.2, 0.25) is 0 Å². The van der Waals surface area contributed by atoms with Gasteiger partial charge >= 0.3 is 0 Å². The van der Waals surface area contributed by atoms with Crippen LogP contribution < -0.4 is 14.8 Å². The van der Waals surface area contributed by atoms with Crippen molar-refractivity contribution < 1.29 is 14.3 Å². The number of benzene rings is 1. The number of nitrogens with one attached hydrogen (secondary N) is 1. The van der Waals surface area contributed by atoms with Crippen LogP contribution in [0.15, 0.2) is 48.7 Å². The zero-order valence-electron chi connectivity index (χ0n) is 12.1. The SMILES string of the molecule is COc1ccc(OCC(=O)NC(C)c2ccccn2)cc1. The number of carbonyl (C=O) groups excluding carboxylic acids is 1. The maximum atomic E-state index is 11.8. The Balaban J connectivity index is 1.81. The molecule has 0 aliphatic heterocycles. The summed E-state index contributed by atoms with van der Waals surface area (Å²) < 4.78 is 10.5. The minimum atomic E-state index is -0.191. The van der Waals surface area contributed by atoms with Crippen LogP contribution >= 0.6 is 0 Å². The summed E-state index contributed by atoms with van der Waals surface area (Å²) in [6.07, 6.45) is 1.70. The molecule has 1 aromatic heterocycles. The Morgan fingerprint density at radius 2 is 1.90 bits per heavy atom. The quantitative estimate of drug-likeness (QED) is 0.885. The minimum absolute atomic E-state index is 0.0382. The summed E-state index contributed by atoms with van der Waals surface area (Å²) in [4.78, 5) is 16.0. The van der Waals surface area contributed by atoms with E-state index in [1.54, 1.807) is 37.6 Å². The van der Waals surface area contributed by atoms with Crippen molar-refractivity contribution in [2.75, 3.05) is 13.7 Å². The molecule has 0 fully saturated rings. The Morgan fingerprint density at radius 1 is 1.19 bits per heavy atom. The average molecular weight is 286 g/mol. The summed E-state index contributed by atoms with van der Waals surface area (Å²) >= 11 is 0. The number of amides is 1. The van der Waals surface area contributed by atoms with Gasteiger partial charge in [0.2, 0.25) is 0 Å². The zero-order chi connectivity index (χ0) is 15.1. The van der Waals surface area contributed by atoms with E-state index in [4.69, 9.17) is 9.47 Å². The lowest BCUT2D eigenvalue weighted by Gasteiger charge is -2.13. The molecule has 0 saturated carbocycles. The number of aromatic nitrogens is 1. The molecule has 5 nitrogen and oxygen atoms in total. The average Bonchev–Trinajstić information content (AvgIpc) is 2.54. The first-order chi connectivity index (χ1) is 10.2. The number of hydrogen-bond donors (Lipinski definition) is 1. The third kappa shape index (κ3) is 4.49. The maximum Gasteiger partial charge on any atom is 0.258 e. The van der Waals surface area contributed by atoms with Gasteiger partial charge in [0.05, 0.1) is 18.8 Å². The molecule has 1 atom stereocenters. The van der Waals surface area contributed by atoms with Crippen LogP contribution in [-0.2, 0) is 4.79 Å². The van der Waals surface area contributed by atoms with Gasteiger partial charge in [-0.3, -0.25) is 9.78 Å². The van der Waals surface area contributed by atoms with Gasteiger partial charge in [-0.25, -0.2) is 0 Å². The third-order valence-electron chi connectivity index (χ3n) is 2.94. The van der Waals surface area contributed by atoms with Crippen LogP contribution in [0.5, 0.6) is 11.5 Å². The number of methoxy groups -OCH3 is 1. The molecule has 110 valence electrons. The Hall–Kier alpha value is -2.56. The van der Waals surface area contributed by atoms with Crippen LogP contribution in [0, 0.1) is 0 Å². The lowest BCUT2D eigenvalue weighted by molar-refractivity contribution is -0.123. The molecule has 0 bridgehead atoms. The van der Waals surface area contributed by atoms with Crippen LogP contribution in [0.1, 0.15) is 18.7 Å². The van der Waals surface area contributed by atoms with E-state index in [0.717, 1.165) is 11.4 Å². The molecule has 1 amide bonds. The van der Waals surface area contributed by atoms with Crippen LogP contribution in [0.4, 0.5) is 0 Å². The van der Waals surface area contributed by atoms with E-state index in [2.05, 4.69) is 10.3 Å². The highest BCUT2D eigenvalue weighted by Gasteiger charge is 2.10. The van der Waals surface area contributed by atoms with Crippen molar-refractivity contribution in [1.82, 2.24) is 10.3 Å². The standard InChI is InChI=1S/C16H18N2O3/c1-12(15-5-3-4-10-17-15)18-16(19)11-21-14-8-6-13(20-2)7-9-14/h3-10,12H,11H2,1-2H3,(H,18,19).